The van der Waals surface area contributed by atoms with Crippen molar-refractivity contribution in [1.82, 2.24) is 40.2 Å². The SMILES string of the molecule is C[C@H]1CN(c2ccc(Nc3ncnc(-c4ccc(O[C@H]5CCN(C(=O)c6cn[nH]n6)CC5(F)F)c(C#N)c4)n3)cc2)CCN1C1COC1. The number of nitrogens with one attached hydrogen (secondary N) is 2. The zero-order valence-corrected chi connectivity index (χ0v) is 26.1. The first kappa shape index (κ1) is 31.3. The van der Waals surface area contributed by atoms with Crippen molar-refractivity contribution in [1.29, 1.82) is 5.26 Å². The normalized spacial score (nSPS) is 21.3. The third-order valence-corrected chi connectivity index (χ3v) is 8.91. The van der Waals surface area contributed by atoms with E-state index in [1.54, 1.807) is 6.07 Å². The van der Waals surface area contributed by atoms with Crippen molar-refractivity contribution >= 4 is 23.2 Å². The van der Waals surface area contributed by atoms with Crippen LogP contribution in [0, 0.1) is 11.3 Å². The Balaban J connectivity index is 0.987. The number of hydrogen-bond acceptors (Lipinski definition) is 12. The number of piperidine rings is 1. The number of anilines is 3. The summed E-state index contributed by atoms with van der Waals surface area (Å²) >= 11 is 0. The van der Waals surface area contributed by atoms with Gasteiger partial charge in [0, 0.05) is 55.6 Å². The number of carbonyl (C=O) groups is 1. The fraction of sp³-hybridized carbons (Fsp3) is 0.406. The van der Waals surface area contributed by atoms with Crippen molar-refractivity contribution in [3.05, 3.63) is 66.2 Å². The van der Waals surface area contributed by atoms with Crippen molar-refractivity contribution in [3.63, 3.8) is 0 Å². The molecule has 3 fully saturated rings. The molecule has 48 heavy (non-hydrogen) atoms. The number of aromatic nitrogens is 6. The first-order chi connectivity index (χ1) is 23.3. The smallest absolute Gasteiger partial charge is 0.301 e. The van der Waals surface area contributed by atoms with Crippen LogP contribution >= 0.6 is 0 Å². The molecule has 0 spiro atoms. The second kappa shape index (κ2) is 13.1. The number of hydrogen-bond donors (Lipinski definition) is 2. The predicted octanol–water partition coefficient (Wildman–Crippen LogP) is 3.11. The largest absolute Gasteiger partial charge is 0.483 e. The van der Waals surface area contributed by atoms with Gasteiger partial charge in [-0.25, -0.2) is 18.7 Å². The van der Waals surface area contributed by atoms with E-state index >= 15 is 8.78 Å². The molecule has 5 heterocycles. The molecule has 0 unspecified atom stereocenters. The van der Waals surface area contributed by atoms with Crippen LogP contribution in [0.3, 0.4) is 0 Å². The third-order valence-electron chi connectivity index (χ3n) is 8.91. The summed E-state index contributed by atoms with van der Waals surface area (Å²) in [6.07, 6.45) is 0.867. The summed E-state index contributed by atoms with van der Waals surface area (Å²) < 4.78 is 41.3. The minimum atomic E-state index is -3.37. The lowest BCUT2D eigenvalue weighted by Gasteiger charge is -2.47. The highest BCUT2D eigenvalue weighted by Gasteiger charge is 2.48. The zero-order valence-electron chi connectivity index (χ0n) is 26.1. The molecule has 0 radical (unpaired) electrons. The van der Waals surface area contributed by atoms with E-state index in [-0.39, 0.29) is 30.0 Å². The average Bonchev–Trinajstić information content (AvgIpc) is 3.61. The number of benzene rings is 2. The minimum absolute atomic E-state index is 0.00237. The van der Waals surface area contributed by atoms with Crippen LogP contribution in [-0.4, -0.2) is 116 Å². The van der Waals surface area contributed by atoms with E-state index in [2.05, 4.69) is 64.5 Å². The molecular formula is C32H33F2N11O3. The molecule has 2 N–H and O–H groups in total. The summed E-state index contributed by atoms with van der Waals surface area (Å²) in [7, 11) is 0. The van der Waals surface area contributed by atoms with Gasteiger partial charge in [-0.2, -0.15) is 25.7 Å². The Morgan fingerprint density at radius 1 is 1.15 bits per heavy atom. The van der Waals surface area contributed by atoms with Crippen LogP contribution in [0.15, 0.2) is 55.0 Å². The number of ether oxygens (including phenoxy) is 2. The van der Waals surface area contributed by atoms with Gasteiger partial charge in [0.2, 0.25) is 5.95 Å². The Morgan fingerprint density at radius 3 is 2.67 bits per heavy atom. The maximum Gasteiger partial charge on any atom is 0.301 e. The Hall–Kier alpha value is -5.27. The molecule has 2 atom stereocenters. The summed E-state index contributed by atoms with van der Waals surface area (Å²) in [5, 5.41) is 22.6. The molecule has 248 valence electrons. The monoisotopic (exact) mass is 657 g/mol. The number of alkyl halides is 2. The van der Waals surface area contributed by atoms with E-state index in [1.165, 1.54) is 24.7 Å². The number of amides is 1. The molecular weight excluding hydrogens is 624 g/mol. The highest BCUT2D eigenvalue weighted by Crippen LogP contribution is 2.34. The number of halogens is 2. The van der Waals surface area contributed by atoms with Gasteiger partial charge in [-0.1, -0.05) is 0 Å². The van der Waals surface area contributed by atoms with E-state index in [9.17, 15) is 10.1 Å². The Labute approximate surface area is 274 Å². The predicted molar refractivity (Wildman–Crippen MR) is 169 cm³/mol. The van der Waals surface area contributed by atoms with Crippen molar-refractivity contribution in [2.45, 2.75) is 37.5 Å². The van der Waals surface area contributed by atoms with E-state index in [0.717, 1.165) is 49.1 Å². The third kappa shape index (κ3) is 6.46. The van der Waals surface area contributed by atoms with Crippen molar-refractivity contribution in [2.24, 2.45) is 0 Å². The van der Waals surface area contributed by atoms with E-state index in [1.807, 2.05) is 18.2 Å². The van der Waals surface area contributed by atoms with Gasteiger partial charge in [-0.15, -0.1) is 0 Å². The highest BCUT2D eigenvalue weighted by molar-refractivity contribution is 5.92. The molecule has 2 aromatic heterocycles. The number of H-pyrrole nitrogens is 1. The van der Waals surface area contributed by atoms with Crippen molar-refractivity contribution < 1.29 is 23.0 Å². The van der Waals surface area contributed by atoms with Gasteiger partial charge in [0.1, 0.15) is 18.1 Å². The van der Waals surface area contributed by atoms with Crippen LogP contribution in [0.5, 0.6) is 5.75 Å². The van der Waals surface area contributed by atoms with Crippen LogP contribution < -0.4 is 15.0 Å². The van der Waals surface area contributed by atoms with E-state index in [0.29, 0.717) is 29.4 Å². The number of nitriles is 1. The molecule has 0 saturated carbocycles. The summed E-state index contributed by atoms with van der Waals surface area (Å²) in [6, 6.07) is 15.6. The standard InChI is InChI=1S/C32H33F2N11O3/c1-20-15-43(10-11-45(20)25-16-47-17-25)24-5-3-23(4-6-24)39-31-37-19-36-29(40-31)21-2-7-27(22(12-21)13-35)48-28-8-9-44(18-32(28,33)34)30(46)26-14-38-42-41-26/h2-7,12,14,19-20,25,28H,8-11,15-18H2,1H3,(H,38,41,42)(H,36,37,39,40)/t20-,28-/m0/s1. The van der Waals surface area contributed by atoms with Gasteiger partial charge in [0.05, 0.1) is 37.6 Å². The number of carbonyl (C=O) groups excluding carboxylic acids is 1. The van der Waals surface area contributed by atoms with Gasteiger partial charge >= 0.3 is 5.92 Å². The topological polar surface area (TPSA) is 161 Å². The van der Waals surface area contributed by atoms with Gasteiger partial charge in [0.15, 0.2) is 17.6 Å². The molecule has 3 aliphatic rings. The van der Waals surface area contributed by atoms with Crippen LogP contribution in [-0.2, 0) is 4.74 Å². The maximum atomic E-state index is 15.1. The number of piperazine rings is 1. The number of aromatic amines is 1. The zero-order chi connectivity index (χ0) is 33.3. The van der Waals surface area contributed by atoms with Gasteiger partial charge < -0.3 is 24.6 Å². The molecule has 4 aromatic rings. The fourth-order valence-corrected chi connectivity index (χ4v) is 6.26. The minimum Gasteiger partial charge on any atom is -0.483 e. The second-order valence-electron chi connectivity index (χ2n) is 12.1. The van der Waals surface area contributed by atoms with Crippen LogP contribution in [0.1, 0.15) is 29.4 Å². The summed E-state index contributed by atoms with van der Waals surface area (Å²) in [6.45, 7) is 5.98. The van der Waals surface area contributed by atoms with E-state index in [4.69, 9.17) is 9.47 Å². The Bertz CT molecular complexity index is 1800. The first-order valence-electron chi connectivity index (χ1n) is 15.7. The van der Waals surface area contributed by atoms with Crippen LogP contribution in [0.25, 0.3) is 11.4 Å². The molecule has 7 rings (SSSR count). The lowest BCUT2D eigenvalue weighted by atomic mass is 10.0. The number of likely N-dealkylation sites (tertiary alicyclic amines) is 1. The summed E-state index contributed by atoms with van der Waals surface area (Å²) in [4.78, 5) is 31.4. The van der Waals surface area contributed by atoms with Crippen molar-refractivity contribution in [3.8, 4) is 23.2 Å². The lowest BCUT2D eigenvalue weighted by molar-refractivity contribution is -0.132. The Kier molecular flexibility index (Phi) is 8.54. The molecule has 3 saturated heterocycles. The summed E-state index contributed by atoms with van der Waals surface area (Å²) in [5.41, 5.74) is 2.43. The first-order valence-corrected chi connectivity index (χ1v) is 15.7. The lowest BCUT2D eigenvalue weighted by Crippen LogP contribution is -2.60. The molecule has 14 nitrogen and oxygen atoms in total. The van der Waals surface area contributed by atoms with Crippen LogP contribution in [0.4, 0.5) is 26.1 Å². The number of rotatable bonds is 8. The molecule has 0 bridgehead atoms. The molecule has 2 aromatic carbocycles. The van der Waals surface area contributed by atoms with Gasteiger partial charge in [-0.3, -0.25) is 9.69 Å². The molecule has 1 amide bonds. The molecule has 0 aliphatic carbocycles. The van der Waals surface area contributed by atoms with Crippen LogP contribution in [0.2, 0.25) is 0 Å². The fourth-order valence-electron chi connectivity index (χ4n) is 6.26. The molecule has 16 heteroatoms. The van der Waals surface area contributed by atoms with E-state index < -0.39 is 24.5 Å². The number of nitrogens with zero attached hydrogens (tertiary/aromatic N) is 9. The van der Waals surface area contributed by atoms with Gasteiger partial charge in [-0.05, 0) is 49.4 Å². The van der Waals surface area contributed by atoms with Crippen molar-refractivity contribution in [2.75, 3.05) is 56.2 Å². The molecule has 3 aliphatic heterocycles. The summed E-state index contributed by atoms with van der Waals surface area (Å²) in [5.74, 6) is -3.41. The average molecular weight is 658 g/mol. The Morgan fingerprint density at radius 2 is 1.98 bits per heavy atom. The second-order valence-corrected chi connectivity index (χ2v) is 12.1. The van der Waals surface area contributed by atoms with Gasteiger partial charge in [0.25, 0.3) is 5.91 Å². The maximum absolute atomic E-state index is 15.1. The quantitative estimate of drug-likeness (QED) is 0.285. The highest BCUT2D eigenvalue weighted by atomic mass is 19.3.